The van der Waals surface area contributed by atoms with Crippen molar-refractivity contribution < 1.29 is 4.42 Å². The Morgan fingerprint density at radius 2 is 2.20 bits per heavy atom. The number of nitrogens with zero attached hydrogens (tertiary/aromatic N) is 1. The highest BCUT2D eigenvalue weighted by Crippen LogP contribution is 2.24. The average Bonchev–Trinajstić information content (AvgIpc) is 3.06. The molecule has 0 radical (unpaired) electrons. The maximum atomic E-state index is 5.54. The zero-order chi connectivity index (χ0) is 13.9. The highest BCUT2D eigenvalue weighted by molar-refractivity contribution is 14.1. The molecule has 3 rings (SSSR count). The first-order valence-corrected chi connectivity index (χ1v) is 8.17. The molecule has 1 N–H and O–H groups in total. The molecule has 0 amide bonds. The number of aromatic nitrogens is 1. The fourth-order valence-electron chi connectivity index (χ4n) is 1.92. The minimum absolute atomic E-state index is 0.683. The SMILES string of the molecule is Cc1nc(-c2cccc(NCc3ccc(I)o3)c2)cs1. The highest BCUT2D eigenvalue weighted by Gasteiger charge is 2.04. The summed E-state index contributed by atoms with van der Waals surface area (Å²) in [5, 5.41) is 6.54. The van der Waals surface area contributed by atoms with Gasteiger partial charge >= 0.3 is 0 Å². The quantitative estimate of drug-likeness (QED) is 0.636. The van der Waals surface area contributed by atoms with E-state index in [9.17, 15) is 0 Å². The number of thiazole rings is 1. The van der Waals surface area contributed by atoms with Crippen molar-refractivity contribution in [3.63, 3.8) is 0 Å². The highest BCUT2D eigenvalue weighted by atomic mass is 127. The summed E-state index contributed by atoms with van der Waals surface area (Å²) in [6.07, 6.45) is 0. The molecule has 0 saturated carbocycles. The molecule has 0 fully saturated rings. The molecular formula is C15H13IN2OS. The Hall–Kier alpha value is -1.34. The topological polar surface area (TPSA) is 38.1 Å². The first kappa shape index (κ1) is 13.6. The second kappa shape index (κ2) is 5.97. The number of furan rings is 1. The second-order valence-electron chi connectivity index (χ2n) is 4.39. The predicted molar refractivity (Wildman–Crippen MR) is 91.0 cm³/mol. The number of anilines is 1. The maximum absolute atomic E-state index is 5.54. The van der Waals surface area contributed by atoms with Gasteiger partial charge in [-0.05, 0) is 53.8 Å². The summed E-state index contributed by atoms with van der Waals surface area (Å²) in [4.78, 5) is 4.51. The number of aryl methyl sites for hydroxylation is 1. The van der Waals surface area contributed by atoms with Gasteiger partial charge in [-0.25, -0.2) is 4.98 Å². The Morgan fingerprint density at radius 1 is 1.30 bits per heavy atom. The molecule has 0 aliphatic rings. The molecule has 0 atom stereocenters. The fraction of sp³-hybridized carbons (Fsp3) is 0.133. The molecule has 102 valence electrons. The van der Waals surface area contributed by atoms with Gasteiger partial charge in [0.05, 0.1) is 17.2 Å². The third kappa shape index (κ3) is 3.21. The van der Waals surface area contributed by atoms with Crippen molar-refractivity contribution in [1.29, 1.82) is 0 Å². The molecule has 3 aromatic rings. The van der Waals surface area contributed by atoms with Crippen LogP contribution in [0.3, 0.4) is 0 Å². The lowest BCUT2D eigenvalue weighted by Crippen LogP contribution is -1.98. The normalized spacial score (nSPS) is 10.7. The number of benzene rings is 1. The molecule has 0 aliphatic heterocycles. The van der Waals surface area contributed by atoms with Crippen LogP contribution in [-0.4, -0.2) is 4.98 Å². The van der Waals surface area contributed by atoms with Crippen LogP contribution in [0.4, 0.5) is 5.69 Å². The molecule has 1 aromatic carbocycles. The van der Waals surface area contributed by atoms with E-state index in [1.54, 1.807) is 11.3 Å². The van der Waals surface area contributed by atoms with Gasteiger partial charge in [-0.3, -0.25) is 0 Å². The van der Waals surface area contributed by atoms with Crippen LogP contribution in [0.1, 0.15) is 10.8 Å². The Morgan fingerprint density at radius 3 is 2.90 bits per heavy atom. The number of halogens is 1. The van der Waals surface area contributed by atoms with Crippen LogP contribution in [0.2, 0.25) is 0 Å². The average molecular weight is 396 g/mol. The summed E-state index contributed by atoms with van der Waals surface area (Å²) in [6, 6.07) is 12.2. The zero-order valence-corrected chi connectivity index (χ0v) is 13.9. The van der Waals surface area contributed by atoms with E-state index in [2.05, 4.69) is 56.5 Å². The van der Waals surface area contributed by atoms with Crippen molar-refractivity contribution in [3.05, 3.63) is 56.3 Å². The van der Waals surface area contributed by atoms with E-state index in [1.807, 2.05) is 25.1 Å². The van der Waals surface area contributed by atoms with Gasteiger partial charge in [-0.1, -0.05) is 12.1 Å². The Balaban J connectivity index is 1.74. The largest absolute Gasteiger partial charge is 0.454 e. The Labute approximate surface area is 135 Å². The van der Waals surface area contributed by atoms with Gasteiger partial charge in [0.1, 0.15) is 5.76 Å². The van der Waals surface area contributed by atoms with Crippen LogP contribution in [0.5, 0.6) is 0 Å². The van der Waals surface area contributed by atoms with Gasteiger partial charge in [0, 0.05) is 16.6 Å². The summed E-state index contributed by atoms with van der Waals surface area (Å²) in [5.41, 5.74) is 3.23. The Kier molecular flexibility index (Phi) is 4.07. The minimum Gasteiger partial charge on any atom is -0.454 e. The fourth-order valence-corrected chi connectivity index (χ4v) is 3.01. The van der Waals surface area contributed by atoms with E-state index in [1.165, 1.54) is 0 Å². The monoisotopic (exact) mass is 396 g/mol. The molecule has 0 unspecified atom stereocenters. The van der Waals surface area contributed by atoms with Gasteiger partial charge in [-0.15, -0.1) is 11.3 Å². The number of rotatable bonds is 4. The van der Waals surface area contributed by atoms with E-state index in [-0.39, 0.29) is 0 Å². The van der Waals surface area contributed by atoms with E-state index in [4.69, 9.17) is 4.42 Å². The summed E-state index contributed by atoms with van der Waals surface area (Å²) in [5.74, 6) is 0.935. The molecule has 0 bridgehead atoms. The molecule has 5 heteroatoms. The van der Waals surface area contributed by atoms with E-state index in [0.717, 1.165) is 31.5 Å². The lowest BCUT2D eigenvalue weighted by molar-refractivity contribution is 0.493. The molecule has 0 spiro atoms. The summed E-state index contributed by atoms with van der Waals surface area (Å²) >= 11 is 3.84. The number of nitrogens with one attached hydrogen (secondary N) is 1. The lowest BCUT2D eigenvalue weighted by Gasteiger charge is -2.06. The first-order chi connectivity index (χ1) is 9.70. The predicted octanol–water partition coefficient (Wildman–Crippen LogP) is 4.93. The van der Waals surface area contributed by atoms with Gasteiger partial charge < -0.3 is 9.73 Å². The van der Waals surface area contributed by atoms with Gasteiger partial charge in [0.2, 0.25) is 0 Å². The molecule has 2 heterocycles. The Bertz CT molecular complexity index is 720. The van der Waals surface area contributed by atoms with Crippen LogP contribution in [0, 0.1) is 10.7 Å². The first-order valence-electron chi connectivity index (χ1n) is 6.21. The minimum atomic E-state index is 0.683. The van der Waals surface area contributed by atoms with E-state index < -0.39 is 0 Å². The summed E-state index contributed by atoms with van der Waals surface area (Å²) < 4.78 is 6.45. The maximum Gasteiger partial charge on any atom is 0.164 e. The van der Waals surface area contributed by atoms with Crippen molar-refractivity contribution in [2.24, 2.45) is 0 Å². The van der Waals surface area contributed by atoms with Crippen molar-refractivity contribution in [2.75, 3.05) is 5.32 Å². The third-order valence-electron chi connectivity index (χ3n) is 2.87. The van der Waals surface area contributed by atoms with Gasteiger partial charge in [0.25, 0.3) is 0 Å². The smallest absolute Gasteiger partial charge is 0.164 e. The van der Waals surface area contributed by atoms with Crippen LogP contribution in [0.25, 0.3) is 11.3 Å². The molecule has 2 aromatic heterocycles. The summed E-state index contributed by atoms with van der Waals surface area (Å²) in [7, 11) is 0. The van der Waals surface area contributed by atoms with Gasteiger partial charge in [0.15, 0.2) is 3.77 Å². The zero-order valence-electron chi connectivity index (χ0n) is 10.9. The van der Waals surface area contributed by atoms with Crippen LogP contribution < -0.4 is 5.32 Å². The van der Waals surface area contributed by atoms with Crippen LogP contribution >= 0.6 is 33.9 Å². The van der Waals surface area contributed by atoms with E-state index in [0.29, 0.717) is 6.54 Å². The third-order valence-corrected chi connectivity index (χ3v) is 4.23. The molecule has 3 nitrogen and oxygen atoms in total. The number of hydrogen-bond acceptors (Lipinski definition) is 4. The van der Waals surface area contributed by atoms with Crippen molar-refractivity contribution in [1.82, 2.24) is 4.98 Å². The number of hydrogen-bond donors (Lipinski definition) is 1. The van der Waals surface area contributed by atoms with Crippen molar-refractivity contribution in [2.45, 2.75) is 13.5 Å². The molecule has 20 heavy (non-hydrogen) atoms. The lowest BCUT2D eigenvalue weighted by atomic mass is 10.1. The van der Waals surface area contributed by atoms with Crippen molar-refractivity contribution >= 4 is 39.6 Å². The molecule has 0 aliphatic carbocycles. The molecule has 0 saturated heterocycles. The summed E-state index contributed by atoms with van der Waals surface area (Å²) in [6.45, 7) is 2.71. The van der Waals surface area contributed by atoms with Gasteiger partial charge in [-0.2, -0.15) is 0 Å². The van der Waals surface area contributed by atoms with Crippen molar-refractivity contribution in [3.8, 4) is 11.3 Å². The standard InChI is InChI=1S/C15H13IN2OS/c1-10-18-14(9-20-10)11-3-2-4-12(7-11)17-8-13-5-6-15(16)19-13/h2-7,9,17H,8H2,1H3. The van der Waals surface area contributed by atoms with Crippen LogP contribution in [-0.2, 0) is 6.54 Å². The van der Waals surface area contributed by atoms with Crippen LogP contribution in [0.15, 0.2) is 46.2 Å². The second-order valence-corrected chi connectivity index (χ2v) is 6.52. The molecular weight excluding hydrogens is 383 g/mol. The van der Waals surface area contributed by atoms with E-state index >= 15 is 0 Å².